The van der Waals surface area contributed by atoms with Gasteiger partial charge in [-0.15, -0.1) is 0 Å². The van der Waals surface area contributed by atoms with Crippen molar-refractivity contribution in [2.45, 2.75) is 82.1 Å². The van der Waals surface area contributed by atoms with Crippen LogP contribution in [0.5, 0.6) is 0 Å². The Labute approximate surface area is 199 Å². The maximum Gasteiger partial charge on any atom is 0.192 e. The second-order valence-corrected chi connectivity index (χ2v) is 10.9. The molecule has 4 rings (SSSR count). The SMILES string of the molecule is COC(CO[C@@H]1C[C@H]2[C@@H]3CCC4=CC(=O)CC[C@]4(C)[C@@]3(F)[C@@H](O)C[C@]2(C)[C@@]1(O)C(=O)CO)OC. The van der Waals surface area contributed by atoms with E-state index in [1.54, 1.807) is 19.9 Å². The van der Waals surface area contributed by atoms with Crippen molar-refractivity contribution in [2.75, 3.05) is 27.4 Å². The monoisotopic (exact) mass is 484 g/mol. The van der Waals surface area contributed by atoms with Crippen molar-refractivity contribution in [3.8, 4) is 0 Å². The van der Waals surface area contributed by atoms with Gasteiger partial charge >= 0.3 is 0 Å². The Hall–Kier alpha value is -1.23. The van der Waals surface area contributed by atoms with Crippen LogP contribution in [0.2, 0.25) is 0 Å². The number of rotatable bonds is 7. The van der Waals surface area contributed by atoms with Crippen molar-refractivity contribution in [1.82, 2.24) is 0 Å². The van der Waals surface area contributed by atoms with Crippen molar-refractivity contribution in [2.24, 2.45) is 22.7 Å². The molecule has 192 valence electrons. The lowest BCUT2D eigenvalue weighted by Gasteiger charge is -2.63. The summed E-state index contributed by atoms with van der Waals surface area (Å²) in [6, 6.07) is 0. The lowest BCUT2D eigenvalue weighted by Crippen LogP contribution is -2.70. The van der Waals surface area contributed by atoms with Crippen molar-refractivity contribution >= 4 is 11.6 Å². The molecule has 0 amide bonds. The van der Waals surface area contributed by atoms with Crippen LogP contribution < -0.4 is 0 Å². The van der Waals surface area contributed by atoms with Gasteiger partial charge in [-0.1, -0.05) is 19.4 Å². The van der Waals surface area contributed by atoms with Crippen LogP contribution in [-0.2, 0) is 23.8 Å². The van der Waals surface area contributed by atoms with Gasteiger partial charge in [0.2, 0.25) is 0 Å². The Morgan fingerprint density at radius 3 is 2.53 bits per heavy atom. The van der Waals surface area contributed by atoms with Gasteiger partial charge in [0.1, 0.15) is 12.3 Å². The Balaban J connectivity index is 1.75. The first-order valence-corrected chi connectivity index (χ1v) is 12.1. The summed E-state index contributed by atoms with van der Waals surface area (Å²) in [6.45, 7) is 2.52. The topological polar surface area (TPSA) is 123 Å². The summed E-state index contributed by atoms with van der Waals surface area (Å²) in [4.78, 5) is 25.1. The number of fused-ring (bicyclic) bond motifs is 5. The average molecular weight is 485 g/mol. The maximum atomic E-state index is 17.3. The summed E-state index contributed by atoms with van der Waals surface area (Å²) in [5.41, 5.74) is -5.60. The molecule has 9 heteroatoms. The van der Waals surface area contributed by atoms with E-state index in [1.165, 1.54) is 14.2 Å². The second-order valence-electron chi connectivity index (χ2n) is 10.9. The number of hydrogen-bond donors (Lipinski definition) is 3. The van der Waals surface area contributed by atoms with Crippen LogP contribution in [-0.4, -0.2) is 84.1 Å². The summed E-state index contributed by atoms with van der Waals surface area (Å²) in [6.07, 6.45) is -0.194. The van der Waals surface area contributed by atoms with E-state index < -0.39 is 64.8 Å². The fourth-order valence-electron chi connectivity index (χ4n) is 7.80. The number of allylic oxidation sites excluding steroid dienone is 1. The number of halogens is 1. The molecule has 0 spiro atoms. The molecular weight excluding hydrogens is 447 g/mol. The Morgan fingerprint density at radius 2 is 1.91 bits per heavy atom. The third kappa shape index (κ3) is 3.24. The summed E-state index contributed by atoms with van der Waals surface area (Å²) in [5.74, 6) is -1.96. The third-order valence-corrected chi connectivity index (χ3v) is 9.76. The van der Waals surface area contributed by atoms with Gasteiger partial charge in [0, 0.05) is 37.4 Å². The van der Waals surface area contributed by atoms with E-state index in [9.17, 15) is 24.9 Å². The quantitative estimate of drug-likeness (QED) is 0.465. The molecular formula is C25H37FO8. The van der Waals surface area contributed by atoms with Gasteiger partial charge in [0.05, 0.1) is 18.8 Å². The largest absolute Gasteiger partial charge is 0.390 e. The molecule has 0 unspecified atom stereocenters. The van der Waals surface area contributed by atoms with Gasteiger partial charge in [-0.3, -0.25) is 9.59 Å². The number of carbonyl (C=O) groups excluding carboxylic acids is 2. The molecule has 3 saturated carbocycles. The van der Waals surface area contributed by atoms with E-state index in [0.29, 0.717) is 19.3 Å². The minimum atomic E-state index is -2.11. The molecule has 0 aromatic carbocycles. The number of alkyl halides is 1. The summed E-state index contributed by atoms with van der Waals surface area (Å²) in [7, 11) is 2.88. The summed E-state index contributed by atoms with van der Waals surface area (Å²) >= 11 is 0. The fourth-order valence-corrected chi connectivity index (χ4v) is 7.80. The van der Waals surface area contributed by atoms with Crippen LogP contribution in [0, 0.1) is 22.7 Å². The number of aliphatic hydroxyl groups excluding tert-OH is 2. The molecule has 0 aromatic heterocycles. The third-order valence-electron chi connectivity index (χ3n) is 9.76. The Morgan fingerprint density at radius 1 is 1.24 bits per heavy atom. The first kappa shape index (κ1) is 25.9. The predicted molar refractivity (Wildman–Crippen MR) is 118 cm³/mol. The predicted octanol–water partition coefficient (Wildman–Crippen LogP) is 1.49. The molecule has 3 fully saturated rings. The molecule has 0 bridgehead atoms. The van der Waals surface area contributed by atoms with Gasteiger partial charge in [-0.2, -0.15) is 0 Å². The highest BCUT2D eigenvalue weighted by molar-refractivity contribution is 5.92. The highest BCUT2D eigenvalue weighted by atomic mass is 19.1. The maximum absolute atomic E-state index is 17.3. The molecule has 8 nitrogen and oxygen atoms in total. The van der Waals surface area contributed by atoms with E-state index in [1.807, 2.05) is 0 Å². The zero-order valence-corrected chi connectivity index (χ0v) is 20.4. The number of carbonyl (C=O) groups is 2. The van der Waals surface area contributed by atoms with Crippen LogP contribution in [0.25, 0.3) is 0 Å². The van der Waals surface area contributed by atoms with E-state index in [2.05, 4.69) is 0 Å². The Kier molecular flexibility index (Phi) is 6.62. The fraction of sp³-hybridized carbons (Fsp3) is 0.840. The molecule has 0 aromatic rings. The molecule has 3 N–H and O–H groups in total. The summed E-state index contributed by atoms with van der Waals surface area (Å²) in [5, 5.41) is 32.9. The van der Waals surface area contributed by atoms with E-state index in [4.69, 9.17) is 14.2 Å². The van der Waals surface area contributed by atoms with Gasteiger partial charge < -0.3 is 29.5 Å². The number of hydrogen-bond acceptors (Lipinski definition) is 8. The first-order chi connectivity index (χ1) is 15.9. The zero-order chi connectivity index (χ0) is 25.1. The smallest absolute Gasteiger partial charge is 0.192 e. The van der Waals surface area contributed by atoms with Crippen molar-refractivity contribution in [3.63, 3.8) is 0 Å². The van der Waals surface area contributed by atoms with Crippen molar-refractivity contribution in [1.29, 1.82) is 0 Å². The molecule has 0 saturated heterocycles. The molecule has 4 aliphatic carbocycles. The van der Waals surface area contributed by atoms with Gasteiger partial charge in [-0.25, -0.2) is 4.39 Å². The molecule has 4 aliphatic rings. The standard InChI is InChI=1S/C25H37FO8/c1-22-8-7-15(28)9-14(22)5-6-16-17-10-20(34-13-21(32-3)33-4)25(31,19(30)12-27)23(17,2)11-18(29)24(16,22)26/h9,16-18,20-21,27,29,31H,5-8,10-13H2,1-4H3/t16-,17-,18-,20+,22-,23-,24-,25+/m0/s1. The lowest BCUT2D eigenvalue weighted by atomic mass is 9.44. The second kappa shape index (κ2) is 8.71. The van der Waals surface area contributed by atoms with Gasteiger partial charge in [0.15, 0.2) is 23.5 Å². The van der Waals surface area contributed by atoms with E-state index in [-0.39, 0.29) is 31.7 Å². The summed E-state index contributed by atoms with van der Waals surface area (Å²) < 4.78 is 33.5. The normalized spacial score (nSPS) is 46.0. The molecule has 34 heavy (non-hydrogen) atoms. The highest BCUT2D eigenvalue weighted by Gasteiger charge is 2.76. The Bertz CT molecular complexity index is 873. The van der Waals surface area contributed by atoms with Crippen LogP contribution in [0.1, 0.15) is 52.4 Å². The van der Waals surface area contributed by atoms with Crippen LogP contribution in [0.3, 0.4) is 0 Å². The van der Waals surface area contributed by atoms with Crippen molar-refractivity contribution in [3.05, 3.63) is 11.6 Å². The molecule has 0 heterocycles. The number of Topliss-reactive ketones (excluding diaryl/α,β-unsaturated/α-hetero) is 1. The first-order valence-electron chi connectivity index (χ1n) is 12.1. The molecule has 8 atom stereocenters. The molecule has 0 radical (unpaired) electrons. The zero-order valence-electron chi connectivity index (χ0n) is 20.4. The number of ether oxygens (including phenoxy) is 3. The van der Waals surface area contributed by atoms with Crippen LogP contribution in [0.15, 0.2) is 11.6 Å². The highest BCUT2D eigenvalue weighted by Crippen LogP contribution is 2.70. The number of aliphatic hydroxyl groups is 3. The van der Waals surface area contributed by atoms with E-state index >= 15 is 4.39 Å². The van der Waals surface area contributed by atoms with Gasteiger partial charge in [-0.05, 0) is 44.1 Å². The van der Waals surface area contributed by atoms with E-state index in [0.717, 1.165) is 5.57 Å². The van der Waals surface area contributed by atoms with Crippen LogP contribution in [0.4, 0.5) is 4.39 Å². The molecule has 0 aliphatic heterocycles. The van der Waals surface area contributed by atoms with Crippen LogP contribution >= 0.6 is 0 Å². The number of ketones is 2. The van der Waals surface area contributed by atoms with Gasteiger partial charge in [0.25, 0.3) is 0 Å². The van der Waals surface area contributed by atoms with Crippen molar-refractivity contribution < 1.29 is 43.5 Å². The average Bonchev–Trinajstić information content (AvgIpc) is 3.03. The lowest BCUT2D eigenvalue weighted by molar-refractivity contribution is -0.234. The minimum absolute atomic E-state index is 0.0206. The number of methoxy groups -OCH3 is 2. The minimum Gasteiger partial charge on any atom is -0.390 e.